The second-order valence-corrected chi connectivity index (χ2v) is 6.92. The zero-order valence-electron chi connectivity index (χ0n) is 16.7. The van der Waals surface area contributed by atoms with Crippen LogP contribution in [0.25, 0.3) is 11.3 Å². The topological polar surface area (TPSA) is 103 Å². The van der Waals surface area contributed by atoms with E-state index in [9.17, 15) is 13.2 Å². The number of hydrogen-bond acceptors (Lipinski definition) is 6. The van der Waals surface area contributed by atoms with Crippen LogP contribution < -0.4 is 4.90 Å². The average Bonchev–Trinajstić information content (AvgIpc) is 3.38. The molecule has 166 valence electrons. The van der Waals surface area contributed by atoms with Gasteiger partial charge in [0.05, 0.1) is 11.9 Å². The maximum Gasteiger partial charge on any atom is 0.490 e. The standard InChI is InChI=1S/C17H21N7.C2HF3O2/c1-22-6-5-19-17(22)24-9-7-23(8-10-24)13-15-12-20-21-16(15)14-3-2-4-18-11-14;3-2(4,5)1(6)7/h2-6,11-12H,7-10,13H2,1H3,(H,20,21);(H,6,7). The Morgan fingerprint density at radius 1 is 1.19 bits per heavy atom. The van der Waals surface area contributed by atoms with Gasteiger partial charge in [0.1, 0.15) is 0 Å². The van der Waals surface area contributed by atoms with Crippen molar-refractivity contribution >= 4 is 11.9 Å². The number of aromatic amines is 1. The lowest BCUT2D eigenvalue weighted by atomic mass is 10.1. The van der Waals surface area contributed by atoms with Crippen LogP contribution in [0, 0.1) is 0 Å². The van der Waals surface area contributed by atoms with Gasteiger partial charge in [-0.05, 0) is 12.1 Å². The molecule has 31 heavy (non-hydrogen) atoms. The number of nitrogens with zero attached hydrogens (tertiary/aromatic N) is 6. The summed E-state index contributed by atoms with van der Waals surface area (Å²) >= 11 is 0. The van der Waals surface area contributed by atoms with Gasteiger partial charge in [-0.3, -0.25) is 15.0 Å². The molecular weight excluding hydrogens is 415 g/mol. The van der Waals surface area contributed by atoms with Gasteiger partial charge < -0.3 is 14.6 Å². The van der Waals surface area contributed by atoms with Gasteiger partial charge >= 0.3 is 12.1 Å². The molecule has 12 heteroatoms. The van der Waals surface area contributed by atoms with Crippen molar-refractivity contribution in [2.45, 2.75) is 12.7 Å². The van der Waals surface area contributed by atoms with Crippen molar-refractivity contribution in [3.8, 4) is 11.3 Å². The molecule has 9 nitrogen and oxygen atoms in total. The fourth-order valence-corrected chi connectivity index (χ4v) is 3.20. The summed E-state index contributed by atoms with van der Waals surface area (Å²) in [6.45, 7) is 4.92. The van der Waals surface area contributed by atoms with E-state index in [1.54, 1.807) is 6.20 Å². The highest BCUT2D eigenvalue weighted by Gasteiger charge is 2.38. The van der Waals surface area contributed by atoms with E-state index in [1.165, 1.54) is 5.56 Å². The number of hydrogen-bond donors (Lipinski definition) is 2. The number of aromatic nitrogens is 5. The molecule has 1 aliphatic heterocycles. The SMILES string of the molecule is Cn1ccnc1N1CCN(Cc2cn[nH]c2-c2cccnc2)CC1.O=C(O)C(F)(F)F. The number of halogens is 3. The molecule has 3 aromatic heterocycles. The summed E-state index contributed by atoms with van der Waals surface area (Å²) in [5, 5.41) is 14.5. The lowest BCUT2D eigenvalue weighted by Gasteiger charge is -2.35. The van der Waals surface area contributed by atoms with Gasteiger partial charge in [-0.1, -0.05) is 0 Å². The highest BCUT2D eigenvalue weighted by atomic mass is 19.4. The van der Waals surface area contributed by atoms with Crippen molar-refractivity contribution < 1.29 is 23.1 Å². The first-order valence-corrected chi connectivity index (χ1v) is 9.43. The van der Waals surface area contributed by atoms with E-state index in [1.807, 2.05) is 37.9 Å². The summed E-state index contributed by atoms with van der Waals surface area (Å²) in [6.07, 6.45) is 4.35. The number of alkyl halides is 3. The second kappa shape index (κ2) is 9.60. The van der Waals surface area contributed by atoms with Gasteiger partial charge in [0.25, 0.3) is 0 Å². The van der Waals surface area contributed by atoms with Crippen LogP contribution in [-0.2, 0) is 18.4 Å². The van der Waals surface area contributed by atoms with Crippen LogP contribution >= 0.6 is 0 Å². The molecule has 1 aliphatic rings. The molecule has 0 saturated carbocycles. The molecule has 0 amide bonds. The van der Waals surface area contributed by atoms with E-state index in [0.717, 1.165) is 49.9 Å². The number of carboxylic acid groups (broad SMARTS) is 1. The number of H-pyrrole nitrogens is 1. The number of aliphatic carboxylic acids is 1. The monoisotopic (exact) mass is 437 g/mol. The smallest absolute Gasteiger partial charge is 0.475 e. The van der Waals surface area contributed by atoms with Crippen LogP contribution in [0.15, 0.2) is 43.1 Å². The highest BCUT2D eigenvalue weighted by Crippen LogP contribution is 2.22. The number of carboxylic acids is 1. The van der Waals surface area contributed by atoms with Gasteiger partial charge in [-0.25, -0.2) is 9.78 Å². The van der Waals surface area contributed by atoms with E-state index in [4.69, 9.17) is 9.90 Å². The fraction of sp³-hybridized carbons (Fsp3) is 0.368. The molecular formula is C19H22F3N7O2. The third-order valence-electron chi connectivity index (χ3n) is 4.76. The minimum atomic E-state index is -5.08. The number of carbonyl (C=O) groups is 1. The first-order valence-electron chi connectivity index (χ1n) is 9.43. The molecule has 4 rings (SSSR count). The number of imidazole rings is 1. The van der Waals surface area contributed by atoms with E-state index in [2.05, 4.69) is 40.6 Å². The molecule has 1 saturated heterocycles. The van der Waals surface area contributed by atoms with Crippen molar-refractivity contribution in [2.75, 3.05) is 31.1 Å². The molecule has 1 fully saturated rings. The Morgan fingerprint density at radius 3 is 2.45 bits per heavy atom. The molecule has 0 aromatic carbocycles. The summed E-state index contributed by atoms with van der Waals surface area (Å²) in [7, 11) is 2.04. The number of rotatable bonds is 4. The lowest BCUT2D eigenvalue weighted by molar-refractivity contribution is -0.192. The Labute approximate surface area is 176 Å². The number of nitrogens with one attached hydrogen (secondary N) is 1. The zero-order valence-corrected chi connectivity index (χ0v) is 16.7. The summed E-state index contributed by atoms with van der Waals surface area (Å²) in [5.74, 6) is -1.71. The quantitative estimate of drug-likeness (QED) is 0.645. The first kappa shape index (κ1) is 22.3. The van der Waals surface area contributed by atoms with Crippen molar-refractivity contribution in [1.82, 2.24) is 29.6 Å². The summed E-state index contributed by atoms with van der Waals surface area (Å²) in [6, 6.07) is 4.01. The van der Waals surface area contributed by atoms with Gasteiger partial charge in [-0.2, -0.15) is 18.3 Å². The van der Waals surface area contributed by atoms with Gasteiger partial charge in [0.2, 0.25) is 5.95 Å². The normalized spacial score (nSPS) is 14.8. The molecule has 4 heterocycles. The summed E-state index contributed by atoms with van der Waals surface area (Å²) in [5.41, 5.74) is 3.36. The minimum Gasteiger partial charge on any atom is -0.475 e. The molecule has 0 radical (unpaired) electrons. The van der Waals surface area contributed by atoms with Crippen molar-refractivity contribution in [3.05, 3.63) is 48.7 Å². The van der Waals surface area contributed by atoms with Crippen molar-refractivity contribution in [2.24, 2.45) is 7.05 Å². The number of pyridine rings is 1. The maximum atomic E-state index is 10.6. The number of piperazine rings is 1. The minimum absolute atomic E-state index is 0.898. The predicted molar refractivity (Wildman–Crippen MR) is 106 cm³/mol. The maximum absolute atomic E-state index is 10.6. The lowest BCUT2D eigenvalue weighted by Crippen LogP contribution is -2.46. The van der Waals surface area contributed by atoms with E-state index < -0.39 is 12.1 Å². The predicted octanol–water partition coefficient (Wildman–Crippen LogP) is 2.16. The van der Waals surface area contributed by atoms with Gasteiger partial charge in [0.15, 0.2) is 0 Å². The fourth-order valence-electron chi connectivity index (χ4n) is 3.20. The van der Waals surface area contributed by atoms with Gasteiger partial charge in [-0.15, -0.1) is 0 Å². The molecule has 2 N–H and O–H groups in total. The van der Waals surface area contributed by atoms with Gasteiger partial charge in [0, 0.05) is 75.7 Å². The number of anilines is 1. The highest BCUT2D eigenvalue weighted by molar-refractivity contribution is 5.73. The van der Waals surface area contributed by atoms with Crippen molar-refractivity contribution in [3.63, 3.8) is 0 Å². The Bertz CT molecular complexity index is 980. The van der Waals surface area contributed by atoms with Crippen LogP contribution in [0.3, 0.4) is 0 Å². The van der Waals surface area contributed by atoms with Crippen LogP contribution in [0.5, 0.6) is 0 Å². The Hall–Kier alpha value is -3.41. The number of aryl methyl sites for hydroxylation is 1. The van der Waals surface area contributed by atoms with E-state index in [0.29, 0.717) is 0 Å². The molecule has 0 spiro atoms. The Kier molecular flexibility index (Phi) is 6.90. The molecule has 0 aliphatic carbocycles. The third kappa shape index (κ3) is 5.81. The zero-order chi connectivity index (χ0) is 22.4. The largest absolute Gasteiger partial charge is 0.490 e. The van der Waals surface area contributed by atoms with Crippen LogP contribution in [0.1, 0.15) is 5.56 Å². The molecule has 3 aromatic rings. The van der Waals surface area contributed by atoms with Crippen LogP contribution in [0.4, 0.5) is 19.1 Å². The molecule has 0 bridgehead atoms. The van der Waals surface area contributed by atoms with Crippen LogP contribution in [0.2, 0.25) is 0 Å². The van der Waals surface area contributed by atoms with Crippen molar-refractivity contribution in [1.29, 1.82) is 0 Å². The molecule has 0 unspecified atom stereocenters. The van der Waals surface area contributed by atoms with Crippen LogP contribution in [-0.4, -0.2) is 73.1 Å². The van der Waals surface area contributed by atoms with E-state index >= 15 is 0 Å². The van der Waals surface area contributed by atoms with E-state index in [-0.39, 0.29) is 0 Å². The Morgan fingerprint density at radius 2 is 1.90 bits per heavy atom. The third-order valence-corrected chi connectivity index (χ3v) is 4.76. The average molecular weight is 437 g/mol. The summed E-state index contributed by atoms with van der Waals surface area (Å²) in [4.78, 5) is 22.3. The Balaban J connectivity index is 0.000000339. The second-order valence-electron chi connectivity index (χ2n) is 6.92. The summed E-state index contributed by atoms with van der Waals surface area (Å²) < 4.78 is 33.8. The molecule has 0 atom stereocenters. The first-order chi connectivity index (χ1) is 14.8.